The first-order valence-electron chi connectivity index (χ1n) is 8.80. The maximum atomic E-state index is 12.4. The minimum absolute atomic E-state index is 0.00542. The molecule has 0 saturated heterocycles. The Balaban J connectivity index is 1.57. The van der Waals surface area contributed by atoms with Gasteiger partial charge in [-0.3, -0.25) is 4.79 Å². The SMILES string of the molecule is C[C@H](SCc1ccccc1)C(=O)Nc1ccc(S(=O)(=O)Nc2ncccn2)cc1. The molecule has 0 radical (unpaired) electrons. The highest BCUT2D eigenvalue weighted by Gasteiger charge is 2.17. The summed E-state index contributed by atoms with van der Waals surface area (Å²) in [7, 11) is -3.81. The van der Waals surface area contributed by atoms with E-state index in [4.69, 9.17) is 0 Å². The fraction of sp³-hybridized carbons (Fsp3) is 0.150. The Bertz CT molecular complexity index is 1040. The molecule has 0 saturated carbocycles. The molecule has 0 aliphatic carbocycles. The lowest BCUT2D eigenvalue weighted by Gasteiger charge is -2.13. The van der Waals surface area contributed by atoms with Crippen LogP contribution in [-0.2, 0) is 20.6 Å². The maximum absolute atomic E-state index is 12.4. The molecule has 9 heteroatoms. The van der Waals surface area contributed by atoms with Crippen molar-refractivity contribution in [1.82, 2.24) is 9.97 Å². The number of amides is 1. The van der Waals surface area contributed by atoms with Crippen molar-refractivity contribution >= 4 is 39.3 Å². The van der Waals surface area contributed by atoms with E-state index in [-0.39, 0.29) is 22.0 Å². The van der Waals surface area contributed by atoms with E-state index in [0.29, 0.717) is 5.69 Å². The van der Waals surface area contributed by atoms with Gasteiger partial charge in [0.2, 0.25) is 11.9 Å². The highest BCUT2D eigenvalue weighted by Crippen LogP contribution is 2.20. The van der Waals surface area contributed by atoms with Gasteiger partial charge in [-0.25, -0.2) is 23.1 Å². The number of nitrogens with zero attached hydrogens (tertiary/aromatic N) is 2. The molecule has 2 N–H and O–H groups in total. The third kappa shape index (κ3) is 6.03. The van der Waals surface area contributed by atoms with Gasteiger partial charge in [-0.2, -0.15) is 0 Å². The number of nitrogens with one attached hydrogen (secondary N) is 2. The van der Waals surface area contributed by atoms with Crippen LogP contribution in [0.2, 0.25) is 0 Å². The van der Waals surface area contributed by atoms with Crippen molar-refractivity contribution in [2.45, 2.75) is 22.8 Å². The Morgan fingerprint density at radius 2 is 1.66 bits per heavy atom. The van der Waals surface area contributed by atoms with E-state index < -0.39 is 10.0 Å². The molecule has 1 amide bonds. The summed E-state index contributed by atoms with van der Waals surface area (Å²) in [6, 6.07) is 17.5. The van der Waals surface area contributed by atoms with Gasteiger partial charge in [0.05, 0.1) is 10.1 Å². The number of carbonyl (C=O) groups is 1. The van der Waals surface area contributed by atoms with Crippen molar-refractivity contribution in [3.8, 4) is 0 Å². The molecule has 29 heavy (non-hydrogen) atoms. The number of hydrogen-bond acceptors (Lipinski definition) is 6. The van der Waals surface area contributed by atoms with Crippen molar-refractivity contribution in [1.29, 1.82) is 0 Å². The van der Waals surface area contributed by atoms with Gasteiger partial charge in [-0.05, 0) is 42.8 Å². The standard InChI is InChI=1S/C20H20N4O3S2/c1-15(28-14-16-6-3-2-4-7-16)19(25)23-17-8-10-18(11-9-17)29(26,27)24-20-21-12-5-13-22-20/h2-13,15H,14H2,1H3,(H,23,25)(H,21,22,24)/t15-/m0/s1. The van der Waals surface area contributed by atoms with E-state index in [9.17, 15) is 13.2 Å². The highest BCUT2D eigenvalue weighted by atomic mass is 32.2. The minimum atomic E-state index is -3.81. The first-order valence-corrected chi connectivity index (χ1v) is 11.3. The normalized spacial score (nSPS) is 12.2. The van der Waals surface area contributed by atoms with E-state index >= 15 is 0 Å². The zero-order valence-electron chi connectivity index (χ0n) is 15.6. The highest BCUT2D eigenvalue weighted by molar-refractivity contribution is 7.99. The number of carbonyl (C=O) groups excluding carboxylic acids is 1. The van der Waals surface area contributed by atoms with Crippen LogP contribution >= 0.6 is 11.8 Å². The second-order valence-electron chi connectivity index (χ2n) is 6.13. The molecule has 1 aromatic heterocycles. The molecule has 0 aliphatic rings. The number of sulfonamides is 1. The van der Waals surface area contributed by atoms with Crippen molar-refractivity contribution in [2.24, 2.45) is 0 Å². The summed E-state index contributed by atoms with van der Waals surface area (Å²) in [6.07, 6.45) is 2.89. The van der Waals surface area contributed by atoms with Crippen molar-refractivity contribution in [3.63, 3.8) is 0 Å². The monoisotopic (exact) mass is 428 g/mol. The zero-order chi connectivity index (χ0) is 20.7. The van der Waals surface area contributed by atoms with Gasteiger partial charge in [0.25, 0.3) is 10.0 Å². The van der Waals surface area contributed by atoms with Crippen LogP contribution in [-0.4, -0.2) is 29.5 Å². The van der Waals surface area contributed by atoms with E-state index in [1.165, 1.54) is 36.3 Å². The summed E-state index contributed by atoms with van der Waals surface area (Å²) in [6.45, 7) is 1.84. The van der Waals surface area contributed by atoms with Gasteiger partial charge in [0, 0.05) is 23.8 Å². The van der Waals surface area contributed by atoms with Crippen LogP contribution in [0.4, 0.5) is 11.6 Å². The Morgan fingerprint density at radius 1 is 1.00 bits per heavy atom. The quantitative estimate of drug-likeness (QED) is 0.569. The molecule has 0 aliphatic heterocycles. The lowest BCUT2D eigenvalue weighted by Crippen LogP contribution is -2.22. The molecule has 7 nitrogen and oxygen atoms in total. The number of hydrogen-bond donors (Lipinski definition) is 2. The zero-order valence-corrected chi connectivity index (χ0v) is 17.3. The van der Waals surface area contributed by atoms with Gasteiger partial charge < -0.3 is 5.32 Å². The molecule has 0 unspecified atom stereocenters. The lowest BCUT2D eigenvalue weighted by atomic mass is 10.2. The summed E-state index contributed by atoms with van der Waals surface area (Å²) < 4.78 is 27.1. The molecule has 1 heterocycles. The van der Waals surface area contributed by atoms with Crippen molar-refractivity contribution in [3.05, 3.63) is 78.6 Å². The van der Waals surface area contributed by atoms with Gasteiger partial charge in [0.1, 0.15) is 0 Å². The number of benzene rings is 2. The average molecular weight is 429 g/mol. The van der Waals surface area contributed by atoms with Gasteiger partial charge in [-0.15, -0.1) is 11.8 Å². The van der Waals surface area contributed by atoms with E-state index in [0.717, 1.165) is 11.3 Å². The molecule has 1 atom stereocenters. The molecule has 150 valence electrons. The summed E-state index contributed by atoms with van der Waals surface area (Å²) >= 11 is 1.53. The van der Waals surface area contributed by atoms with E-state index in [1.807, 2.05) is 37.3 Å². The van der Waals surface area contributed by atoms with Gasteiger partial charge >= 0.3 is 0 Å². The molecular weight excluding hydrogens is 408 g/mol. The summed E-state index contributed by atoms with van der Waals surface area (Å²) in [5, 5.41) is 2.55. The number of aromatic nitrogens is 2. The fourth-order valence-electron chi connectivity index (χ4n) is 2.36. The molecule has 0 spiro atoms. The molecule has 2 aromatic carbocycles. The Kier molecular flexibility index (Phi) is 6.84. The van der Waals surface area contributed by atoms with Crippen LogP contribution in [0.15, 0.2) is 78.0 Å². The summed E-state index contributed by atoms with van der Waals surface area (Å²) in [5.41, 5.74) is 1.68. The third-order valence-corrected chi connectivity index (χ3v) is 6.49. The van der Waals surface area contributed by atoms with Crippen LogP contribution in [0.3, 0.4) is 0 Å². The number of anilines is 2. The van der Waals surface area contributed by atoms with Crippen molar-refractivity contribution < 1.29 is 13.2 Å². The van der Waals surface area contributed by atoms with Crippen LogP contribution in [0.25, 0.3) is 0 Å². The van der Waals surface area contributed by atoms with Crippen LogP contribution in [0.1, 0.15) is 12.5 Å². The average Bonchev–Trinajstić information content (AvgIpc) is 2.73. The largest absolute Gasteiger partial charge is 0.325 e. The first kappa shape index (κ1) is 20.8. The topological polar surface area (TPSA) is 101 Å². The van der Waals surface area contributed by atoms with Crippen LogP contribution in [0, 0.1) is 0 Å². The first-order chi connectivity index (χ1) is 13.9. The molecule has 3 aromatic rings. The predicted molar refractivity (Wildman–Crippen MR) is 115 cm³/mol. The number of thioether (sulfide) groups is 1. The number of rotatable bonds is 8. The van der Waals surface area contributed by atoms with Crippen LogP contribution < -0.4 is 10.0 Å². The maximum Gasteiger partial charge on any atom is 0.264 e. The molecular formula is C20H20N4O3S2. The lowest BCUT2D eigenvalue weighted by molar-refractivity contribution is -0.115. The third-order valence-electron chi connectivity index (χ3n) is 3.94. The Labute approximate surface area is 174 Å². The van der Waals surface area contributed by atoms with Crippen molar-refractivity contribution in [2.75, 3.05) is 10.0 Å². The predicted octanol–water partition coefficient (Wildman–Crippen LogP) is 3.54. The second kappa shape index (κ2) is 9.53. The molecule has 0 bridgehead atoms. The Hall–Kier alpha value is -2.91. The second-order valence-corrected chi connectivity index (χ2v) is 9.14. The smallest absolute Gasteiger partial charge is 0.264 e. The van der Waals surface area contributed by atoms with Gasteiger partial charge in [-0.1, -0.05) is 30.3 Å². The van der Waals surface area contributed by atoms with Gasteiger partial charge in [0.15, 0.2) is 0 Å². The van der Waals surface area contributed by atoms with E-state index in [1.54, 1.807) is 18.2 Å². The van der Waals surface area contributed by atoms with Crippen LogP contribution in [0.5, 0.6) is 0 Å². The Morgan fingerprint density at radius 3 is 2.31 bits per heavy atom. The molecule has 3 rings (SSSR count). The van der Waals surface area contributed by atoms with E-state index in [2.05, 4.69) is 20.0 Å². The fourth-order valence-corrected chi connectivity index (χ4v) is 4.17. The minimum Gasteiger partial charge on any atom is -0.325 e. The summed E-state index contributed by atoms with van der Waals surface area (Å²) in [5.74, 6) is 0.589. The summed E-state index contributed by atoms with van der Waals surface area (Å²) in [4.78, 5) is 20.1. The molecule has 0 fully saturated rings.